The van der Waals surface area contributed by atoms with Gasteiger partial charge in [0.2, 0.25) is 5.89 Å². The fourth-order valence-corrected chi connectivity index (χ4v) is 4.60. The minimum atomic E-state index is -0.118. The van der Waals surface area contributed by atoms with Gasteiger partial charge in [-0.25, -0.2) is 0 Å². The third-order valence-electron chi connectivity index (χ3n) is 6.15. The third-order valence-corrected chi connectivity index (χ3v) is 6.15. The molecular formula is C19H30N4O2. The average Bonchev–Trinajstić information content (AvgIpc) is 3.31. The second-order valence-electron chi connectivity index (χ2n) is 7.89. The number of methoxy groups -OCH3 is 1. The Labute approximate surface area is 150 Å². The van der Waals surface area contributed by atoms with Crippen molar-refractivity contribution in [2.45, 2.75) is 38.8 Å². The molecule has 4 rings (SSSR count). The van der Waals surface area contributed by atoms with Gasteiger partial charge in [-0.3, -0.25) is 4.90 Å². The van der Waals surface area contributed by atoms with Gasteiger partial charge in [0, 0.05) is 26.7 Å². The molecule has 25 heavy (non-hydrogen) atoms. The van der Waals surface area contributed by atoms with Crippen LogP contribution in [0.3, 0.4) is 0 Å². The van der Waals surface area contributed by atoms with Gasteiger partial charge >= 0.3 is 0 Å². The second-order valence-corrected chi connectivity index (χ2v) is 7.89. The topological polar surface area (TPSA) is 54.6 Å². The fraction of sp³-hybridized carbons (Fsp3) is 0.789. The van der Waals surface area contributed by atoms with Crippen molar-refractivity contribution in [3.05, 3.63) is 23.9 Å². The van der Waals surface area contributed by atoms with E-state index in [1.807, 2.05) is 6.92 Å². The predicted molar refractivity (Wildman–Crippen MR) is 94.9 cm³/mol. The van der Waals surface area contributed by atoms with Gasteiger partial charge in [0.05, 0.1) is 6.54 Å². The molecule has 1 saturated carbocycles. The summed E-state index contributed by atoms with van der Waals surface area (Å²) < 4.78 is 10.6. The normalized spacial score (nSPS) is 31.5. The molecule has 0 aromatic carbocycles. The lowest BCUT2D eigenvalue weighted by Gasteiger charge is -2.27. The Morgan fingerprint density at radius 1 is 1.20 bits per heavy atom. The molecule has 4 atom stereocenters. The van der Waals surface area contributed by atoms with E-state index in [-0.39, 0.29) is 6.10 Å². The first-order chi connectivity index (χ1) is 12.2. The minimum absolute atomic E-state index is 0.118. The zero-order valence-corrected chi connectivity index (χ0v) is 15.4. The van der Waals surface area contributed by atoms with Gasteiger partial charge in [0.1, 0.15) is 6.10 Å². The van der Waals surface area contributed by atoms with E-state index in [1.54, 1.807) is 7.11 Å². The summed E-state index contributed by atoms with van der Waals surface area (Å²) in [6.07, 6.45) is 8.82. The molecule has 2 fully saturated rings. The average molecular weight is 346 g/mol. The number of hydrogen-bond acceptors (Lipinski definition) is 6. The third kappa shape index (κ3) is 3.96. The highest BCUT2D eigenvalue weighted by Gasteiger charge is 2.36. The highest BCUT2D eigenvalue weighted by molar-refractivity contribution is 5.10. The van der Waals surface area contributed by atoms with Crippen LogP contribution in [-0.2, 0) is 11.3 Å². The number of nitrogens with zero attached hydrogens (tertiary/aromatic N) is 4. The van der Waals surface area contributed by atoms with Crippen LogP contribution in [0.15, 0.2) is 16.7 Å². The first kappa shape index (κ1) is 17.2. The summed E-state index contributed by atoms with van der Waals surface area (Å²) in [4.78, 5) is 9.58. The van der Waals surface area contributed by atoms with Gasteiger partial charge in [-0.05, 0) is 57.0 Å². The monoisotopic (exact) mass is 346 g/mol. The maximum Gasteiger partial charge on any atom is 0.240 e. The lowest BCUT2D eigenvalue weighted by molar-refractivity contribution is 0.109. The van der Waals surface area contributed by atoms with Crippen LogP contribution < -0.4 is 0 Å². The molecule has 6 heteroatoms. The van der Waals surface area contributed by atoms with Crippen molar-refractivity contribution >= 4 is 0 Å². The Morgan fingerprint density at radius 3 is 2.80 bits per heavy atom. The van der Waals surface area contributed by atoms with Crippen molar-refractivity contribution in [2.75, 3.05) is 39.8 Å². The molecule has 6 nitrogen and oxygen atoms in total. The molecule has 2 bridgehead atoms. The van der Waals surface area contributed by atoms with E-state index in [2.05, 4.69) is 32.1 Å². The van der Waals surface area contributed by atoms with Crippen molar-refractivity contribution in [3.8, 4) is 0 Å². The Morgan fingerprint density at radius 2 is 2.04 bits per heavy atom. The molecule has 0 N–H and O–H groups in total. The van der Waals surface area contributed by atoms with Gasteiger partial charge in [-0.15, -0.1) is 0 Å². The molecule has 3 aliphatic rings. The van der Waals surface area contributed by atoms with Crippen LogP contribution >= 0.6 is 0 Å². The standard InChI is InChI=1S/C19H30N4O2/c1-14(24-2)19-20-18(25-21-19)13-23-7-3-6-22(8-9-23)12-17-11-15-4-5-16(17)10-15/h4-5,14-17H,3,6-13H2,1-2H3/t14-,15-,16-,17-/m0/s1. The first-order valence-corrected chi connectivity index (χ1v) is 9.69. The quantitative estimate of drug-likeness (QED) is 0.738. The van der Waals surface area contributed by atoms with Gasteiger partial charge in [-0.2, -0.15) is 4.98 Å². The molecule has 0 radical (unpaired) electrons. The molecule has 0 amide bonds. The molecule has 0 spiro atoms. The SMILES string of the molecule is CO[C@@H](C)c1noc(CN2CCCN(C[C@@H]3C[C@H]4C=C[C@H]3C4)CC2)n1. The number of aromatic nitrogens is 2. The van der Waals surface area contributed by atoms with E-state index in [4.69, 9.17) is 9.26 Å². The summed E-state index contributed by atoms with van der Waals surface area (Å²) in [7, 11) is 1.66. The van der Waals surface area contributed by atoms with E-state index in [0.717, 1.165) is 43.9 Å². The summed E-state index contributed by atoms with van der Waals surface area (Å²) in [5.74, 6) is 3.95. The Balaban J connectivity index is 1.26. The number of allylic oxidation sites excluding steroid dienone is 2. The Kier molecular flexibility index (Phi) is 5.20. The lowest BCUT2D eigenvalue weighted by atomic mass is 9.93. The molecule has 0 unspecified atom stereocenters. The number of hydrogen-bond donors (Lipinski definition) is 0. The van der Waals surface area contributed by atoms with Gasteiger partial charge in [0.25, 0.3) is 0 Å². The zero-order chi connectivity index (χ0) is 17.2. The van der Waals surface area contributed by atoms with Crippen LogP contribution in [0.5, 0.6) is 0 Å². The first-order valence-electron chi connectivity index (χ1n) is 9.69. The fourth-order valence-electron chi connectivity index (χ4n) is 4.60. The van der Waals surface area contributed by atoms with Crippen LogP contribution in [0.25, 0.3) is 0 Å². The predicted octanol–water partition coefficient (Wildman–Crippen LogP) is 2.50. The molecule has 2 aliphatic carbocycles. The van der Waals surface area contributed by atoms with Gasteiger partial charge in [0.15, 0.2) is 5.82 Å². The summed E-state index contributed by atoms with van der Waals surface area (Å²) in [5, 5.41) is 4.03. The number of fused-ring (bicyclic) bond motifs is 2. The van der Waals surface area contributed by atoms with E-state index in [1.165, 1.54) is 32.4 Å². The Hall–Kier alpha value is -1.24. The van der Waals surface area contributed by atoms with E-state index in [9.17, 15) is 0 Å². The molecule has 1 saturated heterocycles. The minimum Gasteiger partial charge on any atom is -0.374 e. The highest BCUT2D eigenvalue weighted by Crippen LogP contribution is 2.43. The van der Waals surface area contributed by atoms with Gasteiger partial charge < -0.3 is 14.2 Å². The largest absolute Gasteiger partial charge is 0.374 e. The zero-order valence-electron chi connectivity index (χ0n) is 15.4. The molecule has 138 valence electrons. The van der Waals surface area contributed by atoms with Crippen molar-refractivity contribution < 1.29 is 9.26 Å². The van der Waals surface area contributed by atoms with Crippen LogP contribution in [0.2, 0.25) is 0 Å². The van der Waals surface area contributed by atoms with Crippen LogP contribution in [0, 0.1) is 17.8 Å². The maximum absolute atomic E-state index is 5.40. The molecule has 1 aromatic rings. The summed E-state index contributed by atoms with van der Waals surface area (Å²) in [5.41, 5.74) is 0. The molecular weight excluding hydrogens is 316 g/mol. The van der Waals surface area contributed by atoms with E-state index < -0.39 is 0 Å². The molecule has 1 aromatic heterocycles. The summed E-state index contributed by atoms with van der Waals surface area (Å²) in [6, 6.07) is 0. The second kappa shape index (κ2) is 7.56. The summed E-state index contributed by atoms with van der Waals surface area (Å²) in [6.45, 7) is 8.49. The smallest absolute Gasteiger partial charge is 0.240 e. The van der Waals surface area contributed by atoms with E-state index >= 15 is 0 Å². The van der Waals surface area contributed by atoms with Crippen LogP contribution in [0.4, 0.5) is 0 Å². The van der Waals surface area contributed by atoms with Crippen molar-refractivity contribution in [3.63, 3.8) is 0 Å². The van der Waals surface area contributed by atoms with Gasteiger partial charge in [-0.1, -0.05) is 17.3 Å². The van der Waals surface area contributed by atoms with Crippen LogP contribution in [-0.4, -0.2) is 59.8 Å². The van der Waals surface area contributed by atoms with Crippen molar-refractivity contribution in [2.24, 2.45) is 17.8 Å². The molecule has 1 aliphatic heterocycles. The van der Waals surface area contributed by atoms with Crippen LogP contribution in [0.1, 0.15) is 44.0 Å². The van der Waals surface area contributed by atoms with Crippen molar-refractivity contribution in [1.29, 1.82) is 0 Å². The van der Waals surface area contributed by atoms with E-state index in [0.29, 0.717) is 11.7 Å². The lowest BCUT2D eigenvalue weighted by Crippen LogP contribution is -2.35. The number of ether oxygens (including phenoxy) is 1. The maximum atomic E-state index is 5.40. The molecule has 2 heterocycles. The number of rotatable bonds is 6. The van der Waals surface area contributed by atoms with Crippen molar-refractivity contribution in [1.82, 2.24) is 19.9 Å². The summed E-state index contributed by atoms with van der Waals surface area (Å²) >= 11 is 0. The Bertz CT molecular complexity index is 602. The highest BCUT2D eigenvalue weighted by atomic mass is 16.5.